The van der Waals surface area contributed by atoms with E-state index in [9.17, 15) is 9.59 Å². The van der Waals surface area contributed by atoms with Gasteiger partial charge in [0.2, 0.25) is 0 Å². The van der Waals surface area contributed by atoms with E-state index < -0.39 is 11.9 Å². The van der Waals surface area contributed by atoms with Crippen molar-refractivity contribution in [1.82, 2.24) is 10.9 Å². The number of carboxylic acid groups (broad SMARTS) is 2. The van der Waals surface area contributed by atoms with Crippen molar-refractivity contribution >= 4 is 11.9 Å². The molecule has 0 radical (unpaired) electrons. The average molecular weight is 250 g/mol. The SMILES string of the molecule is CC1C=CNN1.O=C(O)c1ccccc1C(=O)O. The van der Waals surface area contributed by atoms with Gasteiger partial charge >= 0.3 is 11.9 Å². The van der Waals surface area contributed by atoms with Gasteiger partial charge in [0.1, 0.15) is 0 Å². The Morgan fingerprint density at radius 3 is 1.83 bits per heavy atom. The van der Waals surface area contributed by atoms with Gasteiger partial charge in [-0.05, 0) is 25.1 Å². The first-order valence-electron chi connectivity index (χ1n) is 5.25. The smallest absolute Gasteiger partial charge is 0.336 e. The third-order valence-corrected chi connectivity index (χ3v) is 2.17. The third kappa shape index (κ3) is 3.91. The van der Waals surface area contributed by atoms with Crippen molar-refractivity contribution in [1.29, 1.82) is 0 Å². The summed E-state index contributed by atoms with van der Waals surface area (Å²) in [4.78, 5) is 20.9. The normalized spacial score (nSPS) is 16.4. The van der Waals surface area contributed by atoms with Crippen LogP contribution in [0, 0.1) is 0 Å². The van der Waals surface area contributed by atoms with Crippen molar-refractivity contribution in [3.63, 3.8) is 0 Å². The van der Waals surface area contributed by atoms with Crippen LogP contribution >= 0.6 is 0 Å². The summed E-state index contributed by atoms with van der Waals surface area (Å²) in [5, 5.41) is 17.1. The number of carboxylic acids is 2. The van der Waals surface area contributed by atoms with Crippen LogP contribution in [-0.4, -0.2) is 28.2 Å². The van der Waals surface area contributed by atoms with Gasteiger partial charge in [0, 0.05) is 12.2 Å². The molecule has 0 fully saturated rings. The highest BCUT2D eigenvalue weighted by atomic mass is 16.4. The monoisotopic (exact) mass is 250 g/mol. The van der Waals surface area contributed by atoms with Crippen LogP contribution in [0.4, 0.5) is 0 Å². The first-order valence-corrected chi connectivity index (χ1v) is 5.25. The maximum Gasteiger partial charge on any atom is 0.336 e. The summed E-state index contributed by atoms with van der Waals surface area (Å²) < 4.78 is 0. The molecule has 1 atom stereocenters. The van der Waals surface area contributed by atoms with Crippen LogP contribution in [0.15, 0.2) is 36.5 Å². The van der Waals surface area contributed by atoms with Gasteiger partial charge in [-0.15, -0.1) is 0 Å². The van der Waals surface area contributed by atoms with Crippen LogP contribution in [0.1, 0.15) is 27.6 Å². The van der Waals surface area contributed by atoms with E-state index in [1.54, 1.807) is 0 Å². The summed E-state index contributed by atoms with van der Waals surface area (Å²) in [6.07, 6.45) is 3.95. The molecule has 1 aliphatic rings. The number of carbonyl (C=O) groups is 2. The Balaban J connectivity index is 0.000000225. The van der Waals surface area contributed by atoms with Gasteiger partial charge < -0.3 is 15.6 Å². The number of hydrogen-bond acceptors (Lipinski definition) is 4. The summed E-state index contributed by atoms with van der Waals surface area (Å²) in [7, 11) is 0. The van der Waals surface area contributed by atoms with Crippen LogP contribution < -0.4 is 10.9 Å². The quantitative estimate of drug-likeness (QED) is 0.627. The van der Waals surface area contributed by atoms with Crippen LogP contribution in [0.2, 0.25) is 0 Å². The molecule has 6 heteroatoms. The van der Waals surface area contributed by atoms with Crippen LogP contribution in [0.3, 0.4) is 0 Å². The van der Waals surface area contributed by atoms with Gasteiger partial charge in [-0.2, -0.15) is 0 Å². The summed E-state index contributed by atoms with van der Waals surface area (Å²) in [6.45, 7) is 2.08. The van der Waals surface area contributed by atoms with Crippen LogP contribution in [0.25, 0.3) is 0 Å². The zero-order valence-electron chi connectivity index (χ0n) is 9.75. The van der Waals surface area contributed by atoms with Gasteiger partial charge in [0.15, 0.2) is 0 Å². The molecule has 1 aliphatic heterocycles. The first kappa shape index (κ1) is 13.7. The topological polar surface area (TPSA) is 98.7 Å². The van der Waals surface area contributed by atoms with Crippen molar-refractivity contribution in [2.75, 3.05) is 0 Å². The maximum atomic E-state index is 10.5. The molecule has 96 valence electrons. The molecule has 1 aromatic rings. The van der Waals surface area contributed by atoms with E-state index in [0.29, 0.717) is 6.04 Å². The molecule has 6 nitrogen and oxygen atoms in total. The number of benzene rings is 1. The molecule has 1 heterocycles. The molecule has 4 N–H and O–H groups in total. The molecule has 0 bridgehead atoms. The zero-order valence-corrected chi connectivity index (χ0v) is 9.75. The van der Waals surface area contributed by atoms with Crippen molar-refractivity contribution in [2.24, 2.45) is 0 Å². The Hall–Kier alpha value is -2.34. The predicted octanol–water partition coefficient (Wildman–Crippen LogP) is 1.08. The van der Waals surface area contributed by atoms with Crippen LogP contribution in [0.5, 0.6) is 0 Å². The van der Waals surface area contributed by atoms with E-state index in [4.69, 9.17) is 10.2 Å². The lowest BCUT2D eigenvalue weighted by molar-refractivity contribution is 0.0651. The molecule has 0 aromatic heterocycles. The minimum Gasteiger partial charge on any atom is -0.478 e. The minimum atomic E-state index is -1.23. The van der Waals surface area contributed by atoms with Crippen molar-refractivity contribution in [3.05, 3.63) is 47.7 Å². The number of aromatic carboxylic acids is 2. The van der Waals surface area contributed by atoms with Crippen molar-refractivity contribution in [2.45, 2.75) is 13.0 Å². The lowest BCUT2D eigenvalue weighted by atomic mass is 10.1. The van der Waals surface area contributed by atoms with E-state index in [-0.39, 0.29) is 11.1 Å². The largest absolute Gasteiger partial charge is 0.478 e. The van der Waals surface area contributed by atoms with Gasteiger partial charge in [0.05, 0.1) is 11.1 Å². The van der Waals surface area contributed by atoms with E-state index in [0.717, 1.165) is 0 Å². The van der Waals surface area contributed by atoms with Gasteiger partial charge in [-0.3, -0.25) is 0 Å². The standard InChI is InChI=1S/C8H6O4.C4H8N2/c9-7(10)5-3-1-2-4-6(5)8(11)12;1-4-2-3-5-6-4/h1-4H,(H,9,10)(H,11,12);2-6H,1H3. The van der Waals surface area contributed by atoms with E-state index in [2.05, 4.69) is 23.9 Å². The Bertz CT molecular complexity index is 438. The fourth-order valence-electron chi connectivity index (χ4n) is 1.28. The first-order chi connectivity index (χ1) is 8.52. The second-order valence-electron chi connectivity index (χ2n) is 3.59. The molecule has 0 amide bonds. The second kappa shape index (κ2) is 6.41. The summed E-state index contributed by atoms with van der Waals surface area (Å²) in [6, 6.07) is 5.98. The molecule has 0 saturated heterocycles. The van der Waals surface area contributed by atoms with E-state index in [1.807, 2.05) is 6.20 Å². The molecule has 0 aliphatic carbocycles. The number of hydrogen-bond donors (Lipinski definition) is 4. The van der Waals surface area contributed by atoms with Crippen LogP contribution in [-0.2, 0) is 0 Å². The Morgan fingerprint density at radius 2 is 1.61 bits per heavy atom. The van der Waals surface area contributed by atoms with Crippen molar-refractivity contribution in [3.8, 4) is 0 Å². The predicted molar refractivity (Wildman–Crippen MR) is 65.2 cm³/mol. The maximum absolute atomic E-state index is 10.5. The number of nitrogens with one attached hydrogen (secondary N) is 2. The fraction of sp³-hybridized carbons (Fsp3) is 0.167. The van der Waals surface area contributed by atoms with Gasteiger partial charge in [-0.1, -0.05) is 12.1 Å². The summed E-state index contributed by atoms with van der Waals surface area (Å²) in [5.74, 6) is -2.46. The highest BCUT2D eigenvalue weighted by Crippen LogP contribution is 2.07. The lowest BCUT2D eigenvalue weighted by Gasteiger charge is -1.98. The molecule has 18 heavy (non-hydrogen) atoms. The molecule has 2 rings (SSSR count). The van der Waals surface area contributed by atoms with Gasteiger partial charge in [0.25, 0.3) is 0 Å². The molecule has 1 aromatic carbocycles. The summed E-state index contributed by atoms with van der Waals surface area (Å²) in [5.41, 5.74) is 5.42. The Labute approximate surface area is 104 Å². The number of hydrazine groups is 1. The minimum absolute atomic E-state index is 0.190. The van der Waals surface area contributed by atoms with Crippen molar-refractivity contribution < 1.29 is 19.8 Å². The molecule has 1 unspecified atom stereocenters. The van der Waals surface area contributed by atoms with E-state index >= 15 is 0 Å². The molecule has 0 spiro atoms. The fourth-order valence-corrected chi connectivity index (χ4v) is 1.28. The molecular formula is C12H14N2O4. The zero-order chi connectivity index (χ0) is 13.5. The highest BCUT2D eigenvalue weighted by Gasteiger charge is 2.13. The average Bonchev–Trinajstić information content (AvgIpc) is 2.81. The lowest BCUT2D eigenvalue weighted by Crippen LogP contribution is -2.27. The Kier molecular flexibility index (Phi) is 4.89. The summed E-state index contributed by atoms with van der Waals surface area (Å²) >= 11 is 0. The third-order valence-electron chi connectivity index (χ3n) is 2.17. The van der Waals surface area contributed by atoms with Gasteiger partial charge in [-0.25, -0.2) is 15.0 Å². The number of rotatable bonds is 2. The molecular weight excluding hydrogens is 236 g/mol. The Morgan fingerprint density at radius 1 is 1.11 bits per heavy atom. The highest BCUT2D eigenvalue weighted by molar-refractivity contribution is 6.01. The molecule has 0 saturated carbocycles. The second-order valence-corrected chi connectivity index (χ2v) is 3.59. The van der Waals surface area contributed by atoms with E-state index in [1.165, 1.54) is 24.3 Å².